The number of esters is 1. The molecule has 2 unspecified atom stereocenters. The van der Waals surface area contributed by atoms with Crippen molar-refractivity contribution in [1.29, 1.82) is 0 Å². The monoisotopic (exact) mass is 458 g/mol. The summed E-state index contributed by atoms with van der Waals surface area (Å²) in [5.41, 5.74) is 0.703. The summed E-state index contributed by atoms with van der Waals surface area (Å²) in [6.07, 6.45) is 1.47. The Labute approximate surface area is 185 Å². The number of rotatable bonds is 7. The summed E-state index contributed by atoms with van der Waals surface area (Å²) in [6.45, 7) is 0.0240. The van der Waals surface area contributed by atoms with E-state index in [-0.39, 0.29) is 12.3 Å². The molecule has 1 aromatic carbocycles. The fourth-order valence-corrected chi connectivity index (χ4v) is 5.40. The topological polar surface area (TPSA) is 113 Å². The highest BCUT2D eigenvalue weighted by atomic mass is 32.2. The average Bonchev–Trinajstić information content (AvgIpc) is 3.30. The Hall–Kier alpha value is -3.11. The molecule has 2 aliphatic heterocycles. The second kappa shape index (κ2) is 8.94. The summed E-state index contributed by atoms with van der Waals surface area (Å²) in [6, 6.07) is 11.6. The predicted molar refractivity (Wildman–Crippen MR) is 114 cm³/mol. The third kappa shape index (κ3) is 4.21. The third-order valence-electron chi connectivity index (χ3n) is 4.91. The van der Waals surface area contributed by atoms with Crippen molar-refractivity contribution in [3.8, 4) is 0 Å². The number of ether oxygens (including phenoxy) is 1. The molecule has 3 heterocycles. The number of aliphatic carboxylic acids is 1. The fraction of sp³-hybridized carbons (Fsp3) is 0.238. The number of nitrogens with one attached hydrogen (secondary N) is 1. The van der Waals surface area contributed by atoms with Gasteiger partial charge in [0.2, 0.25) is 5.91 Å². The number of carbonyl (C=O) groups excluding carboxylic acids is 3. The number of fused-ring (bicyclic) bond motifs is 1. The molecule has 3 atom stereocenters. The van der Waals surface area contributed by atoms with E-state index >= 15 is 0 Å². The minimum Gasteiger partial charge on any atom is -0.477 e. The number of benzene rings is 1. The van der Waals surface area contributed by atoms with Crippen LogP contribution in [0.25, 0.3) is 0 Å². The second-order valence-electron chi connectivity index (χ2n) is 6.85. The molecular weight excluding hydrogens is 440 g/mol. The number of hydrogen-bond acceptors (Lipinski definition) is 7. The maximum atomic E-state index is 13.0. The van der Waals surface area contributed by atoms with Crippen molar-refractivity contribution in [2.75, 3.05) is 5.75 Å². The van der Waals surface area contributed by atoms with Crippen molar-refractivity contribution in [2.24, 2.45) is 0 Å². The number of carboxylic acids is 1. The molecule has 31 heavy (non-hydrogen) atoms. The lowest BCUT2D eigenvalue weighted by molar-refractivity contribution is -0.154. The number of amides is 2. The number of hydrogen-bond donors (Lipinski definition) is 2. The van der Waals surface area contributed by atoms with Crippen LogP contribution in [0.2, 0.25) is 0 Å². The molecule has 2 amide bonds. The molecular formula is C21H18N2O6S2. The number of carbonyl (C=O) groups is 4. The SMILES string of the molecule is O=C(O)C1=CCS[C@H]2C(NC(=O)C(C(=O)OCc3ccccc3)c3cccs3)C(=O)N12. The van der Waals surface area contributed by atoms with Gasteiger partial charge in [0.1, 0.15) is 23.7 Å². The molecule has 2 aromatic rings. The quantitative estimate of drug-likeness (QED) is 0.370. The molecule has 0 radical (unpaired) electrons. The largest absolute Gasteiger partial charge is 0.477 e. The van der Waals surface area contributed by atoms with E-state index in [1.807, 2.05) is 30.3 Å². The van der Waals surface area contributed by atoms with Crippen molar-refractivity contribution in [3.05, 3.63) is 70.1 Å². The minimum atomic E-state index is -1.21. The van der Waals surface area contributed by atoms with Gasteiger partial charge in [-0.1, -0.05) is 36.4 Å². The maximum Gasteiger partial charge on any atom is 0.352 e. The summed E-state index contributed by atoms with van der Waals surface area (Å²) < 4.78 is 5.37. The second-order valence-corrected chi connectivity index (χ2v) is 8.98. The molecule has 0 saturated carbocycles. The summed E-state index contributed by atoms with van der Waals surface area (Å²) in [5, 5.41) is 13.1. The predicted octanol–water partition coefficient (Wildman–Crippen LogP) is 1.94. The molecule has 0 aliphatic carbocycles. The van der Waals surface area contributed by atoms with Crippen LogP contribution in [0.15, 0.2) is 59.6 Å². The highest BCUT2D eigenvalue weighted by Crippen LogP contribution is 2.38. The van der Waals surface area contributed by atoms with Gasteiger partial charge in [0.15, 0.2) is 5.92 Å². The van der Waals surface area contributed by atoms with Crippen molar-refractivity contribution >= 4 is 46.9 Å². The summed E-state index contributed by atoms with van der Waals surface area (Å²) in [7, 11) is 0. The van der Waals surface area contributed by atoms with Gasteiger partial charge in [0.05, 0.1) is 0 Å². The highest BCUT2D eigenvalue weighted by molar-refractivity contribution is 8.00. The Morgan fingerprint density at radius 1 is 1.19 bits per heavy atom. The van der Waals surface area contributed by atoms with E-state index in [0.29, 0.717) is 10.6 Å². The number of carboxylic acid groups (broad SMARTS) is 1. The summed E-state index contributed by atoms with van der Waals surface area (Å²) in [5.74, 6) is -3.86. The Bertz CT molecular complexity index is 1040. The molecule has 4 rings (SSSR count). The molecule has 8 nitrogen and oxygen atoms in total. The van der Waals surface area contributed by atoms with E-state index in [4.69, 9.17) is 4.74 Å². The first-order valence-electron chi connectivity index (χ1n) is 9.40. The van der Waals surface area contributed by atoms with E-state index in [2.05, 4.69) is 5.32 Å². The average molecular weight is 459 g/mol. The molecule has 1 saturated heterocycles. The van der Waals surface area contributed by atoms with Crippen molar-refractivity contribution in [1.82, 2.24) is 10.2 Å². The number of thiophene rings is 1. The van der Waals surface area contributed by atoms with Crippen molar-refractivity contribution < 1.29 is 29.0 Å². The zero-order chi connectivity index (χ0) is 22.0. The summed E-state index contributed by atoms with van der Waals surface area (Å²) >= 11 is 2.59. The smallest absolute Gasteiger partial charge is 0.352 e. The van der Waals surface area contributed by atoms with Crippen LogP contribution in [-0.2, 0) is 30.5 Å². The molecule has 10 heteroatoms. The van der Waals surface area contributed by atoms with Gasteiger partial charge < -0.3 is 15.2 Å². The Balaban J connectivity index is 1.46. The first-order valence-corrected chi connectivity index (χ1v) is 11.3. The van der Waals surface area contributed by atoms with Gasteiger partial charge in [-0.3, -0.25) is 19.3 Å². The number of nitrogens with zero attached hydrogens (tertiary/aromatic N) is 1. The number of thioether (sulfide) groups is 1. The van der Waals surface area contributed by atoms with Crippen LogP contribution in [0.3, 0.4) is 0 Å². The molecule has 2 N–H and O–H groups in total. The van der Waals surface area contributed by atoms with E-state index in [1.165, 1.54) is 29.2 Å². The molecule has 0 bridgehead atoms. The van der Waals surface area contributed by atoms with E-state index < -0.39 is 41.1 Å². The van der Waals surface area contributed by atoms with Crippen LogP contribution in [0.5, 0.6) is 0 Å². The van der Waals surface area contributed by atoms with Crippen LogP contribution in [-0.4, -0.2) is 50.9 Å². The van der Waals surface area contributed by atoms with Crippen molar-refractivity contribution in [2.45, 2.75) is 23.9 Å². The lowest BCUT2D eigenvalue weighted by Gasteiger charge is -2.48. The molecule has 1 fully saturated rings. The molecule has 0 spiro atoms. The third-order valence-corrected chi connectivity index (χ3v) is 7.03. The first-order chi connectivity index (χ1) is 15.0. The Morgan fingerprint density at radius 2 is 1.97 bits per heavy atom. The fourth-order valence-electron chi connectivity index (χ4n) is 3.39. The lowest BCUT2D eigenvalue weighted by Crippen LogP contribution is -2.70. The molecule has 160 valence electrons. The Morgan fingerprint density at radius 3 is 2.65 bits per heavy atom. The van der Waals surface area contributed by atoms with E-state index in [1.54, 1.807) is 17.5 Å². The van der Waals surface area contributed by atoms with Gasteiger partial charge in [0, 0.05) is 10.6 Å². The van der Waals surface area contributed by atoms with Gasteiger partial charge in [0.25, 0.3) is 5.91 Å². The number of β-lactam (4-membered cyclic amide) rings is 1. The Kier molecular flexibility index (Phi) is 6.10. The van der Waals surface area contributed by atoms with Gasteiger partial charge in [-0.15, -0.1) is 23.1 Å². The van der Waals surface area contributed by atoms with Crippen LogP contribution in [0.4, 0.5) is 0 Å². The molecule has 1 aromatic heterocycles. The van der Waals surface area contributed by atoms with E-state index in [9.17, 15) is 24.3 Å². The zero-order valence-electron chi connectivity index (χ0n) is 16.1. The van der Waals surface area contributed by atoms with Crippen LogP contribution in [0.1, 0.15) is 16.4 Å². The van der Waals surface area contributed by atoms with Gasteiger partial charge in [-0.05, 0) is 23.1 Å². The van der Waals surface area contributed by atoms with Gasteiger partial charge >= 0.3 is 11.9 Å². The highest BCUT2D eigenvalue weighted by Gasteiger charge is 2.53. The maximum absolute atomic E-state index is 13.0. The van der Waals surface area contributed by atoms with E-state index in [0.717, 1.165) is 10.5 Å². The van der Waals surface area contributed by atoms with Crippen LogP contribution >= 0.6 is 23.1 Å². The minimum absolute atomic E-state index is 0.0240. The van der Waals surface area contributed by atoms with Gasteiger partial charge in [-0.25, -0.2) is 4.79 Å². The normalized spacial score (nSPS) is 20.7. The molecule has 2 aliphatic rings. The standard InChI is InChI=1S/C21H18N2O6S2/c24-17(22-16-18(25)23-13(20(26)27)8-10-31-19(16)23)15(14-7-4-9-30-14)21(28)29-11-12-5-2-1-3-6-12/h1-9,15-16,19H,10-11H2,(H,22,24)(H,26,27)/t15?,16?,19-/m0/s1. The zero-order valence-corrected chi connectivity index (χ0v) is 17.7. The lowest BCUT2D eigenvalue weighted by atomic mass is 10.0. The van der Waals surface area contributed by atoms with Crippen LogP contribution in [0, 0.1) is 0 Å². The van der Waals surface area contributed by atoms with Crippen LogP contribution < -0.4 is 5.32 Å². The first kappa shape index (κ1) is 21.1. The van der Waals surface area contributed by atoms with Gasteiger partial charge in [-0.2, -0.15) is 0 Å². The summed E-state index contributed by atoms with van der Waals surface area (Å²) in [4.78, 5) is 51.3. The van der Waals surface area contributed by atoms with Crippen molar-refractivity contribution in [3.63, 3.8) is 0 Å².